The van der Waals surface area contributed by atoms with Crippen molar-refractivity contribution in [1.82, 2.24) is 14.5 Å². The number of carbonyl (C=O) groups excluding carboxylic acids is 1. The highest BCUT2D eigenvalue weighted by Crippen LogP contribution is 2.38. The fourth-order valence-corrected chi connectivity index (χ4v) is 4.62. The fraction of sp³-hybridized carbons (Fsp3) is 0.227. The molecule has 5 nitrogen and oxygen atoms in total. The number of para-hydroxylation sites is 2. The van der Waals surface area contributed by atoms with Crippen molar-refractivity contribution in [2.24, 2.45) is 0 Å². The minimum atomic E-state index is -0.350. The highest BCUT2D eigenvalue weighted by Gasteiger charge is 2.30. The molecule has 2 aromatic heterocycles. The number of H-pyrrole nitrogens is 1. The number of thioether (sulfide) groups is 1. The van der Waals surface area contributed by atoms with Crippen LogP contribution in [0, 0.1) is 0 Å². The lowest BCUT2D eigenvalue weighted by molar-refractivity contribution is 0.0995. The van der Waals surface area contributed by atoms with Crippen molar-refractivity contribution < 1.29 is 4.79 Å². The lowest BCUT2D eigenvalue weighted by Gasteiger charge is -2.15. The number of ketones is 1. The molecular formula is C22H19N3O2S. The van der Waals surface area contributed by atoms with E-state index in [4.69, 9.17) is 4.98 Å². The molecule has 5 rings (SSSR count). The Hall–Kier alpha value is -2.86. The van der Waals surface area contributed by atoms with E-state index in [0.717, 1.165) is 23.7 Å². The van der Waals surface area contributed by atoms with Crippen molar-refractivity contribution in [3.8, 4) is 0 Å². The summed E-state index contributed by atoms with van der Waals surface area (Å²) in [7, 11) is 0. The van der Waals surface area contributed by atoms with E-state index in [1.54, 1.807) is 10.8 Å². The molecule has 0 amide bonds. The highest BCUT2D eigenvalue weighted by atomic mass is 32.2. The third kappa shape index (κ3) is 2.85. The van der Waals surface area contributed by atoms with Gasteiger partial charge < -0.3 is 4.98 Å². The highest BCUT2D eigenvalue weighted by molar-refractivity contribution is 8.00. The van der Waals surface area contributed by atoms with Crippen molar-refractivity contribution in [2.75, 3.05) is 0 Å². The fourth-order valence-electron chi connectivity index (χ4n) is 3.57. The summed E-state index contributed by atoms with van der Waals surface area (Å²) >= 11 is 1.37. The van der Waals surface area contributed by atoms with Gasteiger partial charge in [-0.2, -0.15) is 0 Å². The summed E-state index contributed by atoms with van der Waals surface area (Å²) in [6.07, 6.45) is 3.74. The maximum absolute atomic E-state index is 13.1. The number of Topliss-reactive ketones (excluding diaryl/α,β-unsaturated/α-hetero) is 1. The lowest BCUT2D eigenvalue weighted by atomic mass is 10.1. The van der Waals surface area contributed by atoms with Gasteiger partial charge in [0.2, 0.25) is 0 Å². The number of rotatable bonds is 5. The normalized spacial score (nSPS) is 15.2. The quantitative estimate of drug-likeness (QED) is 0.308. The van der Waals surface area contributed by atoms with E-state index in [1.165, 1.54) is 11.8 Å². The number of nitrogens with one attached hydrogen (secondary N) is 1. The number of aromatic amines is 1. The molecule has 6 heteroatoms. The number of fused-ring (bicyclic) bond motifs is 2. The Morgan fingerprint density at radius 1 is 1.14 bits per heavy atom. The van der Waals surface area contributed by atoms with E-state index >= 15 is 0 Å². The second kappa shape index (κ2) is 6.63. The molecule has 2 heterocycles. The molecule has 0 saturated heterocycles. The predicted molar refractivity (Wildman–Crippen MR) is 112 cm³/mol. The van der Waals surface area contributed by atoms with Crippen LogP contribution in [0.3, 0.4) is 0 Å². The topological polar surface area (TPSA) is 67.8 Å². The SMILES string of the molecule is C[C@H](Sc1nc2ccccc2c(=O)n1C1CC1)C(=O)c1c[nH]c2ccccc12. The summed E-state index contributed by atoms with van der Waals surface area (Å²) in [5.41, 5.74) is 2.29. The summed E-state index contributed by atoms with van der Waals surface area (Å²) < 4.78 is 1.78. The van der Waals surface area contributed by atoms with Gasteiger partial charge in [-0.25, -0.2) is 4.98 Å². The zero-order valence-electron chi connectivity index (χ0n) is 15.4. The molecule has 1 saturated carbocycles. The Morgan fingerprint density at radius 3 is 2.64 bits per heavy atom. The van der Waals surface area contributed by atoms with Gasteiger partial charge >= 0.3 is 0 Å². The van der Waals surface area contributed by atoms with Crippen molar-refractivity contribution in [3.05, 3.63) is 70.6 Å². The third-order valence-corrected chi connectivity index (χ3v) is 6.26. The molecule has 1 aliphatic rings. The summed E-state index contributed by atoms with van der Waals surface area (Å²) in [5.74, 6) is 0.0344. The van der Waals surface area contributed by atoms with E-state index in [2.05, 4.69) is 4.98 Å². The Kier molecular flexibility index (Phi) is 4.09. The van der Waals surface area contributed by atoms with Gasteiger partial charge in [0.15, 0.2) is 10.9 Å². The van der Waals surface area contributed by atoms with E-state index < -0.39 is 0 Å². The average molecular weight is 389 g/mol. The number of aromatic nitrogens is 3. The second-order valence-corrected chi connectivity index (χ2v) is 8.50. The smallest absolute Gasteiger partial charge is 0.262 e. The predicted octanol–water partition coefficient (Wildman–Crippen LogP) is 4.58. The number of hydrogen-bond acceptors (Lipinski definition) is 4. The molecule has 4 aromatic rings. The molecular weight excluding hydrogens is 370 g/mol. The molecule has 2 aromatic carbocycles. The first-order valence-electron chi connectivity index (χ1n) is 9.42. The molecule has 140 valence electrons. The largest absolute Gasteiger partial charge is 0.360 e. The van der Waals surface area contributed by atoms with Gasteiger partial charge in [0.05, 0.1) is 16.2 Å². The van der Waals surface area contributed by atoms with E-state index in [0.29, 0.717) is 21.6 Å². The van der Waals surface area contributed by atoms with Gasteiger partial charge in [-0.15, -0.1) is 0 Å². The second-order valence-electron chi connectivity index (χ2n) is 7.19. The van der Waals surface area contributed by atoms with Gasteiger partial charge in [0, 0.05) is 28.7 Å². The molecule has 1 fully saturated rings. The summed E-state index contributed by atoms with van der Waals surface area (Å²) in [5, 5.41) is 1.84. The molecule has 0 unspecified atom stereocenters. The Morgan fingerprint density at radius 2 is 1.86 bits per heavy atom. The standard InChI is InChI=1S/C22H19N3O2S/c1-13(20(26)17-12-23-18-8-4-2-6-15(17)18)28-22-24-19-9-5-3-7-16(19)21(27)25(22)14-10-11-14/h2-9,12-14,23H,10-11H2,1H3/t13-/m0/s1. The average Bonchev–Trinajstić information content (AvgIpc) is 3.45. The van der Waals surface area contributed by atoms with Crippen LogP contribution in [0.1, 0.15) is 36.2 Å². The van der Waals surface area contributed by atoms with Crippen LogP contribution >= 0.6 is 11.8 Å². The van der Waals surface area contributed by atoms with Crippen molar-refractivity contribution >= 4 is 39.4 Å². The molecule has 0 radical (unpaired) electrons. The van der Waals surface area contributed by atoms with Crippen LogP contribution in [-0.4, -0.2) is 25.6 Å². The van der Waals surface area contributed by atoms with Crippen molar-refractivity contribution in [2.45, 2.75) is 36.2 Å². The van der Waals surface area contributed by atoms with Gasteiger partial charge in [-0.1, -0.05) is 42.1 Å². The third-order valence-electron chi connectivity index (χ3n) is 5.19. The van der Waals surface area contributed by atoms with E-state index in [-0.39, 0.29) is 22.6 Å². The molecule has 1 aliphatic carbocycles. The Balaban J connectivity index is 1.53. The Labute approximate surface area is 165 Å². The van der Waals surface area contributed by atoms with Crippen LogP contribution in [0.5, 0.6) is 0 Å². The summed E-state index contributed by atoms with van der Waals surface area (Å²) in [6, 6.07) is 15.4. The van der Waals surface area contributed by atoms with Crippen molar-refractivity contribution in [1.29, 1.82) is 0 Å². The lowest BCUT2D eigenvalue weighted by Crippen LogP contribution is -2.24. The maximum atomic E-state index is 13.1. The van der Waals surface area contributed by atoms with Crippen LogP contribution in [0.15, 0.2) is 64.7 Å². The molecule has 1 atom stereocenters. The van der Waals surface area contributed by atoms with E-state index in [9.17, 15) is 9.59 Å². The van der Waals surface area contributed by atoms with E-state index in [1.807, 2.05) is 55.5 Å². The van der Waals surface area contributed by atoms with Crippen LogP contribution in [-0.2, 0) is 0 Å². The molecule has 28 heavy (non-hydrogen) atoms. The first kappa shape index (κ1) is 17.3. The number of benzene rings is 2. The first-order valence-corrected chi connectivity index (χ1v) is 10.3. The van der Waals surface area contributed by atoms with Crippen LogP contribution in [0.4, 0.5) is 0 Å². The monoisotopic (exact) mass is 389 g/mol. The summed E-state index contributed by atoms with van der Waals surface area (Å²) in [6.45, 7) is 1.88. The molecule has 1 N–H and O–H groups in total. The minimum Gasteiger partial charge on any atom is -0.360 e. The Bertz CT molecular complexity index is 1270. The maximum Gasteiger partial charge on any atom is 0.262 e. The van der Waals surface area contributed by atoms with Gasteiger partial charge in [0.1, 0.15) is 0 Å². The van der Waals surface area contributed by atoms with Crippen LogP contribution in [0.2, 0.25) is 0 Å². The zero-order valence-corrected chi connectivity index (χ0v) is 16.2. The number of carbonyl (C=O) groups is 1. The molecule has 0 bridgehead atoms. The van der Waals surface area contributed by atoms with Gasteiger partial charge in [-0.3, -0.25) is 14.2 Å². The van der Waals surface area contributed by atoms with Gasteiger partial charge in [0.25, 0.3) is 5.56 Å². The number of nitrogens with zero attached hydrogens (tertiary/aromatic N) is 2. The summed E-state index contributed by atoms with van der Waals surface area (Å²) in [4.78, 5) is 34.0. The minimum absolute atomic E-state index is 0.0117. The molecule has 0 aliphatic heterocycles. The van der Waals surface area contributed by atoms with Crippen molar-refractivity contribution in [3.63, 3.8) is 0 Å². The number of hydrogen-bond donors (Lipinski definition) is 1. The van der Waals surface area contributed by atoms with Gasteiger partial charge in [-0.05, 0) is 38.0 Å². The van der Waals surface area contributed by atoms with Crippen LogP contribution in [0.25, 0.3) is 21.8 Å². The van der Waals surface area contributed by atoms with Crippen LogP contribution < -0.4 is 5.56 Å². The molecule has 0 spiro atoms. The first-order chi connectivity index (χ1) is 13.6. The zero-order chi connectivity index (χ0) is 19.3.